The molecule has 0 unspecified atom stereocenters. The molecular weight excluding hydrogens is 198 g/mol. The van der Waals surface area contributed by atoms with Crippen molar-refractivity contribution < 1.29 is 0 Å². The maximum Gasteiger partial charge on any atom is 0.129 e. The first-order chi connectivity index (χ1) is 7.70. The third-order valence-corrected chi connectivity index (χ3v) is 2.58. The first-order valence-corrected chi connectivity index (χ1v) is 5.28. The number of aromatic nitrogens is 2. The van der Waals surface area contributed by atoms with Gasteiger partial charge in [0.15, 0.2) is 0 Å². The summed E-state index contributed by atoms with van der Waals surface area (Å²) in [6.45, 7) is 4.19. The summed E-state index contributed by atoms with van der Waals surface area (Å²) >= 11 is 0. The summed E-state index contributed by atoms with van der Waals surface area (Å²) in [5.41, 5.74) is 4.62. The molecule has 0 aliphatic carbocycles. The van der Waals surface area contributed by atoms with Crippen molar-refractivity contribution in [3.63, 3.8) is 0 Å². The van der Waals surface area contributed by atoms with Gasteiger partial charge < -0.3 is 5.32 Å². The quantitative estimate of drug-likeness (QED) is 0.833. The zero-order valence-corrected chi connectivity index (χ0v) is 9.78. The Morgan fingerprint density at radius 3 is 2.56 bits per heavy atom. The van der Waals surface area contributed by atoms with Gasteiger partial charge in [-0.05, 0) is 19.4 Å². The molecule has 0 atom stereocenters. The van der Waals surface area contributed by atoms with Gasteiger partial charge in [0.1, 0.15) is 12.1 Å². The Morgan fingerprint density at radius 2 is 1.88 bits per heavy atom. The minimum Gasteiger partial charge on any atom is -0.373 e. The van der Waals surface area contributed by atoms with Gasteiger partial charge >= 0.3 is 0 Å². The SMILES string of the molecule is CNc1cc(-c2ccc(C)cc2C)ncn1. The van der Waals surface area contributed by atoms with E-state index in [0.29, 0.717) is 0 Å². The van der Waals surface area contributed by atoms with E-state index in [-0.39, 0.29) is 0 Å². The fraction of sp³-hybridized carbons (Fsp3) is 0.231. The van der Waals surface area contributed by atoms with Crippen molar-refractivity contribution in [1.82, 2.24) is 9.97 Å². The second-order valence-electron chi connectivity index (χ2n) is 3.86. The molecule has 0 saturated heterocycles. The number of rotatable bonds is 2. The lowest BCUT2D eigenvalue weighted by Gasteiger charge is -2.07. The molecule has 1 aromatic carbocycles. The smallest absolute Gasteiger partial charge is 0.129 e. The van der Waals surface area contributed by atoms with Gasteiger partial charge in [-0.25, -0.2) is 9.97 Å². The van der Waals surface area contributed by atoms with Crippen LogP contribution in [-0.4, -0.2) is 17.0 Å². The van der Waals surface area contributed by atoms with Crippen LogP contribution in [0, 0.1) is 13.8 Å². The molecule has 0 bridgehead atoms. The monoisotopic (exact) mass is 213 g/mol. The highest BCUT2D eigenvalue weighted by atomic mass is 15.0. The Hall–Kier alpha value is -1.90. The van der Waals surface area contributed by atoms with Crippen LogP contribution in [0.4, 0.5) is 5.82 Å². The highest BCUT2D eigenvalue weighted by Crippen LogP contribution is 2.23. The molecule has 16 heavy (non-hydrogen) atoms. The van der Waals surface area contributed by atoms with Crippen molar-refractivity contribution in [3.05, 3.63) is 41.7 Å². The fourth-order valence-corrected chi connectivity index (χ4v) is 1.74. The van der Waals surface area contributed by atoms with Gasteiger partial charge in [0.05, 0.1) is 5.69 Å². The van der Waals surface area contributed by atoms with Crippen LogP contribution in [-0.2, 0) is 0 Å². The van der Waals surface area contributed by atoms with Gasteiger partial charge in [0, 0.05) is 18.7 Å². The van der Waals surface area contributed by atoms with Gasteiger partial charge in [-0.2, -0.15) is 0 Å². The van der Waals surface area contributed by atoms with Crippen LogP contribution in [0.15, 0.2) is 30.6 Å². The molecule has 3 nitrogen and oxygen atoms in total. The van der Waals surface area contributed by atoms with Crippen molar-refractivity contribution in [3.8, 4) is 11.3 Å². The number of nitrogens with zero attached hydrogens (tertiary/aromatic N) is 2. The summed E-state index contributed by atoms with van der Waals surface area (Å²) in [6.07, 6.45) is 1.58. The Labute approximate surface area is 95.6 Å². The van der Waals surface area contributed by atoms with Gasteiger partial charge in [0.25, 0.3) is 0 Å². The molecule has 0 amide bonds. The Bertz CT molecular complexity index is 506. The first kappa shape index (κ1) is 10.6. The van der Waals surface area contributed by atoms with E-state index in [0.717, 1.165) is 17.1 Å². The van der Waals surface area contributed by atoms with Crippen LogP contribution < -0.4 is 5.32 Å². The van der Waals surface area contributed by atoms with Crippen LogP contribution in [0.3, 0.4) is 0 Å². The summed E-state index contributed by atoms with van der Waals surface area (Å²) in [5.74, 6) is 0.838. The van der Waals surface area contributed by atoms with Crippen LogP contribution >= 0.6 is 0 Å². The topological polar surface area (TPSA) is 37.8 Å². The minimum absolute atomic E-state index is 0.838. The zero-order chi connectivity index (χ0) is 11.5. The lowest BCUT2D eigenvalue weighted by atomic mass is 10.0. The molecule has 0 saturated carbocycles. The second-order valence-corrected chi connectivity index (χ2v) is 3.86. The summed E-state index contributed by atoms with van der Waals surface area (Å²) < 4.78 is 0. The van der Waals surface area contributed by atoms with Crippen LogP contribution in [0.25, 0.3) is 11.3 Å². The summed E-state index contributed by atoms with van der Waals surface area (Å²) in [4.78, 5) is 8.41. The number of nitrogens with one attached hydrogen (secondary N) is 1. The Balaban J connectivity index is 2.49. The van der Waals surface area contributed by atoms with Gasteiger partial charge in [-0.15, -0.1) is 0 Å². The predicted octanol–water partition coefficient (Wildman–Crippen LogP) is 2.80. The van der Waals surface area contributed by atoms with E-state index in [1.807, 2.05) is 13.1 Å². The number of hydrogen-bond donors (Lipinski definition) is 1. The zero-order valence-electron chi connectivity index (χ0n) is 9.78. The van der Waals surface area contributed by atoms with E-state index in [1.165, 1.54) is 11.1 Å². The molecule has 2 aromatic rings. The Morgan fingerprint density at radius 1 is 1.06 bits per heavy atom. The molecule has 1 N–H and O–H groups in total. The molecule has 0 spiro atoms. The average Bonchev–Trinajstić information content (AvgIpc) is 2.29. The normalized spacial score (nSPS) is 10.2. The van der Waals surface area contributed by atoms with Gasteiger partial charge in [-0.3, -0.25) is 0 Å². The molecule has 0 aliphatic heterocycles. The maximum atomic E-state index is 4.30. The molecule has 82 valence electrons. The van der Waals surface area contributed by atoms with Crippen LogP contribution in [0.2, 0.25) is 0 Å². The molecule has 0 fully saturated rings. The third-order valence-electron chi connectivity index (χ3n) is 2.58. The molecule has 1 heterocycles. The molecule has 1 aromatic heterocycles. The van der Waals surface area contributed by atoms with E-state index in [4.69, 9.17) is 0 Å². The van der Waals surface area contributed by atoms with Crippen molar-refractivity contribution in [2.45, 2.75) is 13.8 Å². The first-order valence-electron chi connectivity index (χ1n) is 5.28. The number of hydrogen-bond acceptors (Lipinski definition) is 3. The standard InChI is InChI=1S/C13H15N3/c1-9-4-5-11(10(2)6-9)12-7-13(14-3)16-8-15-12/h4-8H,1-3H3,(H,14,15,16). The molecule has 3 heteroatoms. The van der Waals surface area contributed by atoms with E-state index in [2.05, 4.69) is 47.3 Å². The largest absolute Gasteiger partial charge is 0.373 e. The van der Waals surface area contributed by atoms with Crippen molar-refractivity contribution >= 4 is 5.82 Å². The number of anilines is 1. The summed E-state index contributed by atoms with van der Waals surface area (Å²) in [6, 6.07) is 8.32. The fourth-order valence-electron chi connectivity index (χ4n) is 1.74. The van der Waals surface area contributed by atoms with Gasteiger partial charge in [0.2, 0.25) is 0 Å². The van der Waals surface area contributed by atoms with E-state index >= 15 is 0 Å². The third kappa shape index (κ3) is 2.03. The molecule has 0 radical (unpaired) electrons. The van der Waals surface area contributed by atoms with Crippen molar-refractivity contribution in [2.75, 3.05) is 12.4 Å². The van der Waals surface area contributed by atoms with Crippen molar-refractivity contribution in [2.24, 2.45) is 0 Å². The lowest BCUT2D eigenvalue weighted by Crippen LogP contribution is -1.95. The number of aryl methyl sites for hydroxylation is 2. The molecule has 2 rings (SSSR count). The number of benzene rings is 1. The predicted molar refractivity (Wildman–Crippen MR) is 66.5 cm³/mol. The highest BCUT2D eigenvalue weighted by Gasteiger charge is 2.04. The summed E-state index contributed by atoms with van der Waals surface area (Å²) in [7, 11) is 1.86. The highest BCUT2D eigenvalue weighted by molar-refractivity contribution is 5.66. The molecule has 0 aliphatic rings. The van der Waals surface area contributed by atoms with E-state index < -0.39 is 0 Å². The summed E-state index contributed by atoms with van der Waals surface area (Å²) in [5, 5.41) is 3.02. The van der Waals surface area contributed by atoms with E-state index in [9.17, 15) is 0 Å². The van der Waals surface area contributed by atoms with Crippen molar-refractivity contribution in [1.29, 1.82) is 0 Å². The maximum absolute atomic E-state index is 4.30. The minimum atomic E-state index is 0.838. The van der Waals surface area contributed by atoms with E-state index in [1.54, 1.807) is 6.33 Å². The van der Waals surface area contributed by atoms with Crippen LogP contribution in [0.1, 0.15) is 11.1 Å². The lowest BCUT2D eigenvalue weighted by molar-refractivity contribution is 1.16. The average molecular weight is 213 g/mol. The van der Waals surface area contributed by atoms with Gasteiger partial charge in [-0.1, -0.05) is 23.8 Å². The van der Waals surface area contributed by atoms with Crippen LogP contribution in [0.5, 0.6) is 0 Å². The molecular formula is C13H15N3. The Kier molecular flexibility index (Phi) is 2.86. The second kappa shape index (κ2) is 4.31.